The number of imide groups is 1. The number of anilines is 2. The third-order valence-electron chi connectivity index (χ3n) is 8.44. The van der Waals surface area contributed by atoms with Crippen molar-refractivity contribution in [2.45, 2.75) is 44.3 Å². The number of nitrogens with zero attached hydrogens (tertiary/aromatic N) is 6. The number of piperidine rings is 2. The molecule has 0 aliphatic carbocycles. The summed E-state index contributed by atoms with van der Waals surface area (Å²) in [7, 11) is 0. The summed E-state index contributed by atoms with van der Waals surface area (Å²) in [6, 6.07) is 18.3. The highest BCUT2D eigenvalue weighted by molar-refractivity contribution is 6.01. The molecule has 1 unspecified atom stereocenters. The number of fused-ring (bicyclic) bond motifs is 1. The Kier molecular flexibility index (Phi) is 7.97. The maximum absolute atomic E-state index is 15.4. The number of rotatable bonds is 8. The van der Waals surface area contributed by atoms with Crippen molar-refractivity contribution in [3.05, 3.63) is 84.6 Å². The van der Waals surface area contributed by atoms with Crippen LogP contribution in [-0.2, 0) is 16.1 Å². The van der Waals surface area contributed by atoms with Gasteiger partial charge in [-0.2, -0.15) is 5.10 Å². The summed E-state index contributed by atoms with van der Waals surface area (Å²) >= 11 is 0. The van der Waals surface area contributed by atoms with Gasteiger partial charge >= 0.3 is 0 Å². The van der Waals surface area contributed by atoms with Crippen molar-refractivity contribution in [2.75, 3.05) is 24.1 Å². The van der Waals surface area contributed by atoms with E-state index >= 15 is 4.39 Å². The van der Waals surface area contributed by atoms with Crippen molar-refractivity contribution in [1.29, 1.82) is 0 Å². The van der Waals surface area contributed by atoms with Crippen LogP contribution in [0.1, 0.15) is 37.3 Å². The van der Waals surface area contributed by atoms with Gasteiger partial charge in [0.25, 0.3) is 0 Å². The summed E-state index contributed by atoms with van der Waals surface area (Å²) in [5, 5.41) is 10.9. The third-order valence-corrected chi connectivity index (χ3v) is 8.44. The highest BCUT2D eigenvalue weighted by Gasteiger charge is 2.29. The Morgan fingerprint density at radius 1 is 0.957 bits per heavy atom. The monoisotopic (exact) mass is 621 g/mol. The molecule has 2 aromatic carbocycles. The van der Waals surface area contributed by atoms with Gasteiger partial charge in [0.2, 0.25) is 11.8 Å². The van der Waals surface area contributed by atoms with Gasteiger partial charge in [0.05, 0.1) is 11.4 Å². The maximum Gasteiger partial charge on any atom is 0.249 e. The van der Waals surface area contributed by atoms with E-state index in [0.717, 1.165) is 24.2 Å². The zero-order valence-electron chi connectivity index (χ0n) is 24.9. The molecule has 234 valence electrons. The van der Waals surface area contributed by atoms with Crippen LogP contribution >= 0.6 is 0 Å². The van der Waals surface area contributed by atoms with E-state index in [1.807, 2.05) is 59.3 Å². The first-order valence-corrected chi connectivity index (χ1v) is 15.2. The summed E-state index contributed by atoms with van der Waals surface area (Å²) in [4.78, 5) is 38.7. The Bertz CT molecular complexity index is 1890. The second kappa shape index (κ2) is 12.5. The number of hydrogen-bond donors (Lipinski definition) is 3. The van der Waals surface area contributed by atoms with Gasteiger partial charge < -0.3 is 15.8 Å². The number of benzene rings is 2. The van der Waals surface area contributed by atoms with E-state index in [2.05, 4.69) is 30.5 Å². The second-order valence-electron chi connectivity index (χ2n) is 11.5. The van der Waals surface area contributed by atoms with E-state index in [-0.39, 0.29) is 30.6 Å². The lowest BCUT2D eigenvalue weighted by atomic mass is 10.0. The van der Waals surface area contributed by atoms with Crippen molar-refractivity contribution in [1.82, 2.24) is 34.9 Å². The Morgan fingerprint density at radius 3 is 2.48 bits per heavy atom. The SMILES string of the molecule is Nc1ncnc2c1c(-c1ccc(Oc3ccccc3)cc1)nn2C1CCN(Cc2ccnc(NC3CCC(=O)NC3=O)c2F)CC1. The van der Waals surface area contributed by atoms with E-state index in [9.17, 15) is 9.59 Å². The van der Waals surface area contributed by atoms with Gasteiger partial charge in [-0.25, -0.2) is 24.0 Å². The van der Waals surface area contributed by atoms with Gasteiger partial charge in [-0.15, -0.1) is 0 Å². The van der Waals surface area contributed by atoms with Gasteiger partial charge in [-0.3, -0.25) is 19.8 Å². The normalized spacial score (nSPS) is 17.6. The molecule has 13 heteroatoms. The summed E-state index contributed by atoms with van der Waals surface area (Å²) < 4.78 is 23.3. The Morgan fingerprint density at radius 2 is 1.72 bits per heavy atom. The molecule has 5 aromatic rings. The number of hydrogen-bond acceptors (Lipinski definition) is 10. The molecule has 4 N–H and O–H groups in total. The van der Waals surface area contributed by atoms with Gasteiger partial charge in [0.15, 0.2) is 17.3 Å². The fraction of sp³-hybridized carbons (Fsp3) is 0.273. The molecule has 0 spiro atoms. The molecule has 2 saturated heterocycles. The van der Waals surface area contributed by atoms with Crippen LogP contribution in [0.5, 0.6) is 11.5 Å². The molecule has 0 radical (unpaired) electrons. The molecular weight excluding hydrogens is 589 g/mol. The van der Waals surface area contributed by atoms with Crippen LogP contribution in [0.4, 0.5) is 16.0 Å². The molecule has 0 saturated carbocycles. The van der Waals surface area contributed by atoms with Crippen molar-refractivity contribution in [3.8, 4) is 22.8 Å². The minimum absolute atomic E-state index is 0.00867. The fourth-order valence-corrected chi connectivity index (χ4v) is 6.02. The zero-order chi connectivity index (χ0) is 31.6. The largest absolute Gasteiger partial charge is 0.457 e. The first kappa shape index (κ1) is 29.3. The number of ether oxygens (including phenoxy) is 1. The van der Waals surface area contributed by atoms with Crippen LogP contribution in [-0.4, -0.2) is 60.6 Å². The number of likely N-dealkylation sites (tertiary alicyclic amines) is 1. The number of nitrogens with one attached hydrogen (secondary N) is 2. The quantitative estimate of drug-likeness (QED) is 0.212. The smallest absolute Gasteiger partial charge is 0.249 e. The van der Waals surface area contributed by atoms with E-state index in [1.165, 1.54) is 12.5 Å². The molecule has 3 aromatic heterocycles. The zero-order valence-corrected chi connectivity index (χ0v) is 24.9. The molecular formula is C33H32FN9O3. The van der Waals surface area contributed by atoms with E-state index in [0.29, 0.717) is 53.5 Å². The fourth-order valence-electron chi connectivity index (χ4n) is 6.02. The standard InChI is InChI=1S/C33H32FN9O3/c34-28-21(12-15-36-31(28)39-25-10-11-26(44)40-33(25)45)18-42-16-13-22(14-17-42)43-32-27(30(35)37-19-38-32)29(41-43)20-6-8-24(9-7-20)46-23-4-2-1-3-5-23/h1-9,12,15,19,22,25H,10-11,13-14,16-18H2,(H,36,39)(H2,35,37,38)(H,40,44,45). The Balaban J connectivity index is 1.05. The number of pyridine rings is 1. The molecule has 2 amide bonds. The predicted octanol–water partition coefficient (Wildman–Crippen LogP) is 4.46. The summed E-state index contributed by atoms with van der Waals surface area (Å²) in [5.74, 6) is 0.541. The first-order valence-electron chi connectivity index (χ1n) is 15.2. The van der Waals surface area contributed by atoms with Gasteiger partial charge in [0.1, 0.15) is 35.4 Å². The molecule has 2 aliphatic heterocycles. The molecule has 2 fully saturated rings. The number of halogens is 1. The molecule has 12 nitrogen and oxygen atoms in total. The average molecular weight is 622 g/mol. The highest BCUT2D eigenvalue weighted by Crippen LogP contribution is 2.35. The molecule has 5 heterocycles. The van der Waals surface area contributed by atoms with Crippen LogP contribution in [0.15, 0.2) is 73.2 Å². The average Bonchev–Trinajstić information content (AvgIpc) is 3.46. The molecule has 46 heavy (non-hydrogen) atoms. The van der Waals surface area contributed by atoms with Crippen LogP contribution in [0, 0.1) is 5.82 Å². The number of amides is 2. The van der Waals surface area contributed by atoms with Crippen molar-refractivity contribution >= 4 is 34.5 Å². The number of carbonyl (C=O) groups excluding carboxylic acids is 2. The number of carbonyl (C=O) groups is 2. The minimum Gasteiger partial charge on any atom is -0.457 e. The van der Waals surface area contributed by atoms with Gasteiger partial charge in [0, 0.05) is 43.4 Å². The van der Waals surface area contributed by atoms with Crippen molar-refractivity contribution in [3.63, 3.8) is 0 Å². The number of nitrogen functional groups attached to an aromatic ring is 1. The minimum atomic E-state index is -0.710. The third kappa shape index (κ3) is 5.96. The van der Waals surface area contributed by atoms with Crippen LogP contribution < -0.4 is 21.1 Å². The van der Waals surface area contributed by atoms with E-state index in [4.69, 9.17) is 15.6 Å². The van der Waals surface area contributed by atoms with Crippen LogP contribution in [0.25, 0.3) is 22.3 Å². The molecule has 2 aliphatic rings. The topological polar surface area (TPSA) is 153 Å². The van der Waals surface area contributed by atoms with Crippen molar-refractivity contribution in [2.24, 2.45) is 0 Å². The lowest BCUT2D eigenvalue weighted by Crippen LogP contribution is -2.47. The van der Waals surface area contributed by atoms with Crippen LogP contribution in [0.2, 0.25) is 0 Å². The van der Waals surface area contributed by atoms with Gasteiger partial charge in [-0.1, -0.05) is 18.2 Å². The number of nitrogens with two attached hydrogens (primary N) is 1. The van der Waals surface area contributed by atoms with E-state index < -0.39 is 17.8 Å². The number of aromatic nitrogens is 5. The first-order chi connectivity index (χ1) is 22.4. The molecule has 0 bridgehead atoms. The Labute approximate surface area is 263 Å². The lowest BCUT2D eigenvalue weighted by molar-refractivity contribution is -0.133. The summed E-state index contributed by atoms with van der Waals surface area (Å²) in [6.45, 7) is 1.82. The van der Waals surface area contributed by atoms with Crippen LogP contribution in [0.3, 0.4) is 0 Å². The molecule has 7 rings (SSSR count). The second-order valence-corrected chi connectivity index (χ2v) is 11.5. The summed E-state index contributed by atoms with van der Waals surface area (Å²) in [6.07, 6.45) is 5.02. The number of para-hydroxylation sites is 1. The summed E-state index contributed by atoms with van der Waals surface area (Å²) in [5.41, 5.74) is 9.09. The molecule has 1 atom stereocenters. The maximum atomic E-state index is 15.4. The van der Waals surface area contributed by atoms with Crippen molar-refractivity contribution < 1.29 is 18.7 Å². The Hall–Kier alpha value is -5.43. The van der Waals surface area contributed by atoms with Gasteiger partial charge in [-0.05, 0) is 61.7 Å². The highest BCUT2D eigenvalue weighted by atomic mass is 19.1. The van der Waals surface area contributed by atoms with E-state index in [1.54, 1.807) is 6.07 Å². The lowest BCUT2D eigenvalue weighted by Gasteiger charge is -2.32. The predicted molar refractivity (Wildman–Crippen MR) is 169 cm³/mol.